The Labute approximate surface area is 185 Å². The van der Waals surface area contributed by atoms with Crippen molar-refractivity contribution in [2.45, 2.75) is 90.4 Å². The largest absolute Gasteiger partial charge is 0.460 e. The number of hydrogen-bond donors (Lipinski definition) is 1. The van der Waals surface area contributed by atoms with Gasteiger partial charge in [0.2, 0.25) is 0 Å². The zero-order valence-corrected chi connectivity index (χ0v) is 19.1. The van der Waals surface area contributed by atoms with Crippen LogP contribution in [0.4, 0.5) is 0 Å². The normalized spacial score (nSPS) is 30.6. The molecule has 0 radical (unpaired) electrons. The van der Waals surface area contributed by atoms with E-state index in [1.807, 2.05) is 39.0 Å². The molecule has 0 spiro atoms. The van der Waals surface area contributed by atoms with Crippen LogP contribution in [0.2, 0.25) is 0 Å². The second-order valence-electron chi connectivity index (χ2n) is 11.5. The summed E-state index contributed by atoms with van der Waals surface area (Å²) in [6, 6.07) is 8.10. The molecule has 4 aliphatic rings. The van der Waals surface area contributed by atoms with Crippen LogP contribution in [-0.2, 0) is 22.5 Å². The maximum absolute atomic E-state index is 12.3. The predicted molar refractivity (Wildman–Crippen MR) is 121 cm³/mol. The van der Waals surface area contributed by atoms with Crippen molar-refractivity contribution in [3.63, 3.8) is 0 Å². The Kier molecular flexibility index (Phi) is 5.16. The van der Waals surface area contributed by atoms with Crippen molar-refractivity contribution in [2.24, 2.45) is 23.2 Å². The first-order valence-electron chi connectivity index (χ1n) is 12.0. The average molecular weight is 425 g/mol. The average Bonchev–Trinajstić information content (AvgIpc) is 3.01. The predicted octanol–water partition coefficient (Wildman–Crippen LogP) is 4.89. The second-order valence-corrected chi connectivity index (χ2v) is 11.5. The summed E-state index contributed by atoms with van der Waals surface area (Å²) in [5.74, 6) is 3.11. The van der Waals surface area contributed by atoms with Gasteiger partial charge >= 0.3 is 5.97 Å². The number of nitrogens with zero attached hydrogens (tertiary/aromatic N) is 2. The third kappa shape index (κ3) is 4.13. The number of rotatable bonds is 6. The van der Waals surface area contributed by atoms with Crippen LogP contribution >= 0.6 is 0 Å². The van der Waals surface area contributed by atoms with Crippen LogP contribution in [0, 0.1) is 23.2 Å². The summed E-state index contributed by atoms with van der Waals surface area (Å²) >= 11 is 0. The fourth-order valence-electron chi connectivity index (χ4n) is 7.08. The van der Waals surface area contributed by atoms with Crippen LogP contribution < -0.4 is 0 Å². The number of aliphatic hydroxyl groups excluding tert-OH is 1. The summed E-state index contributed by atoms with van der Waals surface area (Å²) < 4.78 is 7.66. The van der Waals surface area contributed by atoms with E-state index in [0.717, 1.165) is 34.6 Å². The van der Waals surface area contributed by atoms with Crippen LogP contribution in [-0.4, -0.2) is 32.3 Å². The third-order valence-electron chi connectivity index (χ3n) is 7.85. The fraction of sp³-hybridized carbons (Fsp3) is 0.692. The van der Waals surface area contributed by atoms with Crippen LogP contribution in [0.25, 0.3) is 11.0 Å². The molecule has 1 atom stereocenters. The first kappa shape index (κ1) is 21.0. The van der Waals surface area contributed by atoms with E-state index in [1.54, 1.807) is 0 Å². The van der Waals surface area contributed by atoms with E-state index in [9.17, 15) is 9.90 Å². The summed E-state index contributed by atoms with van der Waals surface area (Å²) in [5, 5.41) is 11.6. The number of hydrogen-bond acceptors (Lipinski definition) is 4. The van der Waals surface area contributed by atoms with Gasteiger partial charge in [0.1, 0.15) is 11.4 Å². The lowest BCUT2D eigenvalue weighted by Crippen LogP contribution is -2.52. The number of imidazole rings is 1. The van der Waals surface area contributed by atoms with Gasteiger partial charge in [-0.05, 0) is 94.6 Å². The first-order valence-corrected chi connectivity index (χ1v) is 12.0. The highest BCUT2D eigenvalue weighted by Gasteiger charge is 2.54. The summed E-state index contributed by atoms with van der Waals surface area (Å²) in [5.41, 5.74) is 1.57. The maximum atomic E-state index is 12.3. The minimum Gasteiger partial charge on any atom is -0.460 e. The van der Waals surface area contributed by atoms with Crippen molar-refractivity contribution < 1.29 is 14.6 Å². The molecule has 4 saturated carbocycles. The lowest BCUT2D eigenvalue weighted by molar-refractivity contribution is -0.154. The standard InChI is InChI=1S/C26H36N2O3/c1-25(2,3)31-24(30)9-8-23-27-20-6-4-5-7-21(20)28(23)16-22(29)26-13-17-10-18(14-26)12-19(11-17)15-26/h4-7,17-19,22,29H,8-16H2,1-3H3. The van der Waals surface area contributed by atoms with E-state index in [-0.39, 0.29) is 17.5 Å². The van der Waals surface area contributed by atoms with Gasteiger partial charge < -0.3 is 14.4 Å². The minimum atomic E-state index is -0.480. The number of carbonyl (C=O) groups excluding carboxylic acids is 1. The molecule has 0 saturated heterocycles. The van der Waals surface area contributed by atoms with Crippen LogP contribution in [0.1, 0.15) is 71.5 Å². The van der Waals surface area contributed by atoms with Crippen LogP contribution in [0.3, 0.4) is 0 Å². The molecule has 1 aromatic heterocycles. The number of aryl methyl sites for hydroxylation is 1. The summed E-state index contributed by atoms with van der Waals surface area (Å²) in [4.78, 5) is 17.1. The molecule has 31 heavy (non-hydrogen) atoms. The number of esters is 1. The van der Waals surface area contributed by atoms with Gasteiger partial charge in [-0.1, -0.05) is 12.1 Å². The van der Waals surface area contributed by atoms with Gasteiger partial charge in [0.15, 0.2) is 0 Å². The number of benzene rings is 1. The molecule has 6 rings (SSSR count). The molecule has 1 unspecified atom stereocenters. The van der Waals surface area contributed by atoms with Crippen LogP contribution in [0.5, 0.6) is 0 Å². The van der Waals surface area contributed by atoms with E-state index in [2.05, 4.69) is 10.6 Å². The van der Waals surface area contributed by atoms with Crippen molar-refractivity contribution in [1.29, 1.82) is 0 Å². The van der Waals surface area contributed by atoms with Crippen LogP contribution in [0.15, 0.2) is 24.3 Å². The Balaban J connectivity index is 1.37. The summed E-state index contributed by atoms with van der Waals surface area (Å²) in [6.07, 6.45) is 8.13. The van der Waals surface area contributed by atoms with E-state index in [1.165, 1.54) is 38.5 Å². The first-order chi connectivity index (χ1) is 14.7. The molecule has 168 valence electrons. The molecule has 4 aliphatic carbocycles. The lowest BCUT2D eigenvalue weighted by Gasteiger charge is -2.58. The SMILES string of the molecule is CC(C)(C)OC(=O)CCc1nc2ccccc2n1CC(O)C12CC3CC(CC(C3)C1)C2. The van der Waals surface area contributed by atoms with E-state index >= 15 is 0 Å². The van der Waals surface area contributed by atoms with E-state index < -0.39 is 5.60 Å². The number of fused-ring (bicyclic) bond motifs is 1. The van der Waals surface area contributed by atoms with Crippen molar-refractivity contribution in [1.82, 2.24) is 9.55 Å². The molecule has 4 bridgehead atoms. The van der Waals surface area contributed by atoms with E-state index in [0.29, 0.717) is 19.4 Å². The van der Waals surface area contributed by atoms with Crippen molar-refractivity contribution in [3.8, 4) is 0 Å². The van der Waals surface area contributed by atoms with Gasteiger partial charge in [-0.25, -0.2) is 4.98 Å². The van der Waals surface area contributed by atoms with Gasteiger partial charge in [0.05, 0.1) is 30.1 Å². The molecule has 1 aromatic carbocycles. The smallest absolute Gasteiger partial charge is 0.306 e. The molecule has 0 amide bonds. The number of para-hydroxylation sites is 2. The maximum Gasteiger partial charge on any atom is 0.306 e. The number of ether oxygens (including phenoxy) is 1. The monoisotopic (exact) mass is 424 g/mol. The molecule has 5 heteroatoms. The Morgan fingerprint density at radius 1 is 1.16 bits per heavy atom. The third-order valence-corrected chi connectivity index (χ3v) is 7.85. The van der Waals surface area contributed by atoms with Crippen molar-refractivity contribution in [2.75, 3.05) is 0 Å². The minimum absolute atomic E-state index is 0.0720. The van der Waals surface area contributed by atoms with Crippen molar-refractivity contribution >= 4 is 17.0 Å². The van der Waals surface area contributed by atoms with Crippen molar-refractivity contribution in [3.05, 3.63) is 30.1 Å². The van der Waals surface area contributed by atoms with Gasteiger partial charge in [0, 0.05) is 6.42 Å². The Morgan fingerprint density at radius 2 is 1.77 bits per heavy atom. The highest BCUT2D eigenvalue weighted by Crippen LogP contribution is 2.61. The molecule has 2 aromatic rings. The molecule has 5 nitrogen and oxygen atoms in total. The summed E-state index contributed by atoms with van der Waals surface area (Å²) in [7, 11) is 0. The molecule has 1 heterocycles. The molecule has 4 fully saturated rings. The molecule has 0 aliphatic heterocycles. The zero-order valence-electron chi connectivity index (χ0n) is 19.1. The quantitative estimate of drug-likeness (QED) is 0.671. The molecular formula is C26H36N2O3. The summed E-state index contributed by atoms with van der Waals surface area (Å²) in [6.45, 7) is 6.24. The molecule has 1 N–H and O–H groups in total. The highest BCUT2D eigenvalue weighted by atomic mass is 16.6. The van der Waals surface area contributed by atoms with Gasteiger partial charge in [0.25, 0.3) is 0 Å². The van der Waals surface area contributed by atoms with Gasteiger partial charge in [-0.2, -0.15) is 0 Å². The Bertz CT molecular complexity index is 935. The number of aliphatic hydroxyl groups is 1. The topological polar surface area (TPSA) is 64.3 Å². The lowest BCUT2D eigenvalue weighted by atomic mass is 9.48. The Morgan fingerprint density at radius 3 is 2.39 bits per heavy atom. The number of carbonyl (C=O) groups is 1. The second kappa shape index (κ2) is 7.61. The van der Waals surface area contributed by atoms with E-state index in [4.69, 9.17) is 9.72 Å². The van der Waals surface area contributed by atoms with Gasteiger partial charge in [-0.3, -0.25) is 4.79 Å². The highest BCUT2D eigenvalue weighted by molar-refractivity contribution is 5.76. The number of aromatic nitrogens is 2. The fourth-order valence-corrected chi connectivity index (χ4v) is 7.08. The zero-order chi connectivity index (χ0) is 21.8. The van der Waals surface area contributed by atoms with Gasteiger partial charge in [-0.15, -0.1) is 0 Å². The molecular weight excluding hydrogens is 388 g/mol. The Hall–Kier alpha value is -1.88.